The Morgan fingerprint density at radius 2 is 1.85 bits per heavy atom. The van der Waals surface area contributed by atoms with Gasteiger partial charge in [0.1, 0.15) is 24.3 Å². The lowest BCUT2D eigenvalue weighted by Gasteiger charge is -2.42. The fraction of sp³-hybridized carbons (Fsp3) is 0.429. The molecule has 1 aromatic heterocycles. The quantitative estimate of drug-likeness (QED) is 0.684. The summed E-state index contributed by atoms with van der Waals surface area (Å²) in [6.45, 7) is 3.49. The second-order valence-corrected chi connectivity index (χ2v) is 7.63. The monoisotopic (exact) mass is 474 g/mol. The topological polar surface area (TPSA) is 92.4 Å². The van der Waals surface area contributed by atoms with Gasteiger partial charge < -0.3 is 23.9 Å². The molecule has 0 saturated carbocycles. The van der Waals surface area contributed by atoms with Gasteiger partial charge in [-0.1, -0.05) is 12.1 Å². The molecule has 4 rings (SSSR count). The van der Waals surface area contributed by atoms with Crippen molar-refractivity contribution in [1.82, 2.24) is 4.90 Å². The van der Waals surface area contributed by atoms with E-state index in [4.69, 9.17) is 23.8 Å². The molecule has 1 amide bonds. The number of benzene rings is 1. The molecular weight excluding hydrogens is 452 g/mol. The summed E-state index contributed by atoms with van der Waals surface area (Å²) in [5.41, 5.74) is 1.16. The molecule has 2 saturated heterocycles. The average molecular weight is 474 g/mol. The Bertz CT molecular complexity index is 935. The van der Waals surface area contributed by atoms with Crippen LogP contribution < -0.4 is 4.90 Å². The second kappa shape index (κ2) is 10.3. The Morgan fingerprint density at radius 3 is 2.45 bits per heavy atom. The van der Waals surface area contributed by atoms with Crippen molar-refractivity contribution < 1.29 is 46.1 Å². The van der Waals surface area contributed by atoms with E-state index in [2.05, 4.69) is 4.90 Å². The molecule has 1 aromatic carbocycles. The fourth-order valence-corrected chi connectivity index (χ4v) is 3.51. The van der Waals surface area contributed by atoms with Gasteiger partial charge in [-0.15, -0.1) is 0 Å². The second-order valence-electron chi connectivity index (χ2n) is 7.63. The third kappa shape index (κ3) is 6.76. The minimum absolute atomic E-state index is 0.0128. The van der Waals surface area contributed by atoms with Crippen molar-refractivity contribution >= 4 is 17.6 Å². The minimum Gasteiger partial charge on any atom is -0.475 e. The molecule has 1 unspecified atom stereocenters. The normalized spacial score (nSPS) is 21.9. The van der Waals surface area contributed by atoms with Gasteiger partial charge in [0.05, 0.1) is 31.7 Å². The zero-order chi connectivity index (χ0) is 24.1. The molecule has 8 nitrogen and oxygen atoms in total. The molecule has 33 heavy (non-hydrogen) atoms. The Kier molecular flexibility index (Phi) is 7.72. The van der Waals surface area contributed by atoms with Gasteiger partial charge in [0.2, 0.25) is 0 Å². The number of carboxylic acid groups (broad SMARTS) is 1. The molecule has 2 aromatic rings. The number of alkyl halides is 3. The van der Waals surface area contributed by atoms with Crippen LogP contribution in [-0.4, -0.2) is 73.1 Å². The highest BCUT2D eigenvalue weighted by molar-refractivity contribution is 5.95. The Balaban J connectivity index is 0.000000383. The van der Waals surface area contributed by atoms with Crippen molar-refractivity contribution in [3.8, 4) is 0 Å². The largest absolute Gasteiger partial charge is 0.490 e. The van der Waals surface area contributed by atoms with Crippen LogP contribution in [0.4, 0.5) is 23.2 Å². The van der Waals surface area contributed by atoms with E-state index in [0.717, 1.165) is 17.8 Å². The molecule has 3 heterocycles. The number of hydrogen-bond acceptors (Lipinski definition) is 6. The van der Waals surface area contributed by atoms with E-state index in [1.165, 1.54) is 12.1 Å². The van der Waals surface area contributed by atoms with Crippen LogP contribution in [0.1, 0.15) is 5.56 Å². The molecule has 12 heteroatoms. The maximum Gasteiger partial charge on any atom is 0.490 e. The van der Waals surface area contributed by atoms with Gasteiger partial charge in [-0.05, 0) is 17.7 Å². The van der Waals surface area contributed by atoms with Crippen LogP contribution >= 0.6 is 0 Å². The number of rotatable bonds is 3. The van der Waals surface area contributed by atoms with Gasteiger partial charge in [-0.3, -0.25) is 9.69 Å². The lowest BCUT2D eigenvalue weighted by atomic mass is 10.0. The maximum atomic E-state index is 13.1. The first-order chi connectivity index (χ1) is 15.6. The maximum absolute atomic E-state index is 13.1. The lowest BCUT2D eigenvalue weighted by molar-refractivity contribution is -0.192. The van der Waals surface area contributed by atoms with E-state index in [0.29, 0.717) is 32.8 Å². The van der Waals surface area contributed by atoms with Crippen LogP contribution in [0.25, 0.3) is 0 Å². The molecule has 2 aliphatic rings. The van der Waals surface area contributed by atoms with Crippen LogP contribution in [0.15, 0.2) is 47.3 Å². The first-order valence-electron chi connectivity index (χ1n) is 9.89. The van der Waals surface area contributed by atoms with E-state index in [1.54, 1.807) is 35.6 Å². The van der Waals surface area contributed by atoms with Gasteiger partial charge in [0.15, 0.2) is 0 Å². The van der Waals surface area contributed by atoms with Crippen LogP contribution in [0, 0.1) is 5.82 Å². The SMILES string of the molecule is O=C(O)C(F)(F)F.O=C1COC2(COCCN(Cc3ccc(F)cc3)C2)CN1c1ccoc1. The molecule has 2 aliphatic heterocycles. The van der Waals surface area contributed by atoms with Crippen LogP contribution in [0.5, 0.6) is 0 Å². The molecular formula is C21H22F4N2O6. The number of aliphatic carboxylic acids is 1. The number of hydrogen-bond donors (Lipinski definition) is 1. The zero-order valence-electron chi connectivity index (χ0n) is 17.4. The van der Waals surface area contributed by atoms with E-state index in [-0.39, 0.29) is 18.3 Å². The molecule has 1 N–H and O–H groups in total. The first-order valence-corrected chi connectivity index (χ1v) is 9.89. The molecule has 180 valence electrons. The molecule has 2 fully saturated rings. The van der Waals surface area contributed by atoms with Crippen molar-refractivity contribution in [2.75, 3.05) is 44.4 Å². The summed E-state index contributed by atoms with van der Waals surface area (Å²) in [6.07, 6.45) is -1.97. The van der Waals surface area contributed by atoms with Crippen molar-refractivity contribution in [2.45, 2.75) is 18.3 Å². The van der Waals surface area contributed by atoms with Gasteiger partial charge in [0.25, 0.3) is 5.91 Å². The molecule has 0 bridgehead atoms. The molecule has 0 radical (unpaired) electrons. The van der Waals surface area contributed by atoms with E-state index in [1.807, 2.05) is 0 Å². The summed E-state index contributed by atoms with van der Waals surface area (Å²) in [5, 5.41) is 7.12. The number of halogens is 4. The van der Waals surface area contributed by atoms with Gasteiger partial charge in [0, 0.05) is 25.7 Å². The first kappa shape index (κ1) is 24.7. The van der Waals surface area contributed by atoms with Crippen molar-refractivity contribution in [1.29, 1.82) is 0 Å². The van der Waals surface area contributed by atoms with E-state index in [9.17, 15) is 22.4 Å². The van der Waals surface area contributed by atoms with E-state index < -0.39 is 17.7 Å². The summed E-state index contributed by atoms with van der Waals surface area (Å²) in [4.78, 5) is 25.1. The zero-order valence-corrected chi connectivity index (χ0v) is 17.4. The van der Waals surface area contributed by atoms with Gasteiger partial charge >= 0.3 is 12.1 Å². The highest BCUT2D eigenvalue weighted by atomic mass is 19.4. The van der Waals surface area contributed by atoms with Crippen molar-refractivity contribution in [3.05, 3.63) is 54.2 Å². The number of carbonyl (C=O) groups excluding carboxylic acids is 1. The highest BCUT2D eigenvalue weighted by Crippen LogP contribution is 2.28. The highest BCUT2D eigenvalue weighted by Gasteiger charge is 2.43. The summed E-state index contributed by atoms with van der Waals surface area (Å²) < 4.78 is 61.7. The number of carbonyl (C=O) groups is 2. The molecule has 0 aliphatic carbocycles. The predicted octanol–water partition coefficient (Wildman–Crippen LogP) is 2.69. The standard InChI is InChI=1S/C19H21FN2O4.C2HF3O2/c20-16-3-1-15(2-4-16)9-21-6-8-25-14-19(12-21)13-22(18(23)11-26-19)17-5-7-24-10-17;3-2(4,5)1(6)7/h1-5,7,10H,6,8-9,11-14H2;(H,6,7). The van der Waals surface area contributed by atoms with Gasteiger partial charge in [-0.2, -0.15) is 13.2 Å². The Hall–Kier alpha value is -2.96. The summed E-state index contributed by atoms with van der Waals surface area (Å²) >= 11 is 0. The van der Waals surface area contributed by atoms with Crippen molar-refractivity contribution in [2.24, 2.45) is 0 Å². The number of nitrogens with zero attached hydrogens (tertiary/aromatic N) is 2. The molecule has 1 atom stereocenters. The van der Waals surface area contributed by atoms with Crippen LogP contribution in [-0.2, 0) is 25.6 Å². The number of carboxylic acids is 1. The fourth-order valence-electron chi connectivity index (χ4n) is 3.51. The Morgan fingerprint density at radius 1 is 1.15 bits per heavy atom. The Labute approximate surface area is 186 Å². The predicted molar refractivity (Wildman–Crippen MR) is 106 cm³/mol. The lowest BCUT2D eigenvalue weighted by Crippen LogP contribution is -2.60. The van der Waals surface area contributed by atoms with Gasteiger partial charge in [-0.25, -0.2) is 9.18 Å². The average Bonchev–Trinajstić information content (AvgIpc) is 3.22. The van der Waals surface area contributed by atoms with Crippen molar-refractivity contribution in [3.63, 3.8) is 0 Å². The third-order valence-corrected chi connectivity index (χ3v) is 5.06. The smallest absolute Gasteiger partial charge is 0.475 e. The number of morpholine rings is 1. The summed E-state index contributed by atoms with van der Waals surface area (Å²) in [6, 6.07) is 8.28. The van der Waals surface area contributed by atoms with E-state index >= 15 is 0 Å². The number of ether oxygens (including phenoxy) is 2. The van der Waals surface area contributed by atoms with Crippen LogP contribution in [0.2, 0.25) is 0 Å². The van der Waals surface area contributed by atoms with Crippen LogP contribution in [0.3, 0.4) is 0 Å². The number of amides is 1. The summed E-state index contributed by atoms with van der Waals surface area (Å²) in [7, 11) is 0. The minimum atomic E-state index is -5.08. The summed E-state index contributed by atoms with van der Waals surface area (Å²) in [5.74, 6) is -3.09. The number of anilines is 1. The molecule has 1 spiro atoms. The third-order valence-electron chi connectivity index (χ3n) is 5.06. The number of furan rings is 1.